The summed E-state index contributed by atoms with van der Waals surface area (Å²) in [6.07, 6.45) is 0. The molecule has 0 saturated heterocycles. The Hall–Kier alpha value is -3.58. The molecule has 0 atom stereocenters. The first-order chi connectivity index (χ1) is 15.0. The Morgan fingerprint density at radius 3 is 1.87 bits per heavy atom. The fourth-order valence-corrected chi connectivity index (χ4v) is 4.46. The lowest BCUT2D eigenvalue weighted by atomic mass is 9.98. The van der Waals surface area contributed by atoms with Gasteiger partial charge in [0.05, 0.1) is 0 Å². The summed E-state index contributed by atoms with van der Waals surface area (Å²) in [5.41, 5.74) is 4.87. The van der Waals surface area contributed by atoms with Crippen LogP contribution in [0.25, 0.3) is 32.7 Å². The molecule has 31 heavy (non-hydrogen) atoms. The van der Waals surface area contributed by atoms with Gasteiger partial charge in [0.1, 0.15) is 0 Å². The third-order valence-electron chi connectivity index (χ3n) is 5.89. The second-order valence-corrected chi connectivity index (χ2v) is 9.11. The molecule has 152 valence electrons. The molecule has 0 aliphatic rings. The fraction of sp³-hybridized carbons (Fsp3) is 0.133. The summed E-state index contributed by atoms with van der Waals surface area (Å²) in [6.45, 7) is 6.81. The van der Waals surface area contributed by atoms with E-state index >= 15 is 0 Å². The van der Waals surface area contributed by atoms with Crippen molar-refractivity contribution in [2.24, 2.45) is 0 Å². The summed E-state index contributed by atoms with van der Waals surface area (Å²) in [7, 11) is 0. The van der Waals surface area contributed by atoms with E-state index in [0.29, 0.717) is 0 Å². The van der Waals surface area contributed by atoms with Gasteiger partial charge >= 0.3 is 0 Å². The highest BCUT2D eigenvalue weighted by molar-refractivity contribution is 5.96. The van der Waals surface area contributed by atoms with Gasteiger partial charge in [-0.25, -0.2) is 0 Å². The lowest BCUT2D eigenvalue weighted by molar-refractivity contribution is 0.561. The molecule has 1 nitrogen and oxygen atoms in total. The van der Waals surface area contributed by atoms with Crippen LogP contribution >= 0.6 is 0 Å². The summed E-state index contributed by atoms with van der Waals surface area (Å²) in [5, 5.41) is 5.09. The zero-order valence-corrected chi connectivity index (χ0v) is 18.3. The number of anilines is 2. The average molecular weight is 402 g/mol. The molecule has 0 spiro atoms. The largest absolute Gasteiger partial charge is 0.336 e. The zero-order valence-electron chi connectivity index (χ0n) is 18.3. The standard InChI is InChI=1S/C30H27N/c1-30(2,3)31(29-14-8-12-24-10-6-7-13-28(24)29)27-19-17-23(18-20-27)26-16-15-22-9-4-5-11-25(22)21-26/h4-21H,1-3H3. The number of rotatable bonds is 3. The highest BCUT2D eigenvalue weighted by Gasteiger charge is 2.25. The van der Waals surface area contributed by atoms with Gasteiger partial charge in [-0.05, 0) is 72.3 Å². The first-order valence-corrected chi connectivity index (χ1v) is 10.9. The maximum absolute atomic E-state index is 2.44. The molecule has 0 heterocycles. The lowest BCUT2D eigenvalue weighted by Gasteiger charge is -2.38. The van der Waals surface area contributed by atoms with Crippen molar-refractivity contribution in [3.8, 4) is 11.1 Å². The van der Waals surface area contributed by atoms with E-state index in [4.69, 9.17) is 0 Å². The first-order valence-electron chi connectivity index (χ1n) is 10.9. The van der Waals surface area contributed by atoms with Crippen molar-refractivity contribution in [1.29, 1.82) is 0 Å². The Morgan fingerprint density at radius 2 is 1.13 bits per heavy atom. The van der Waals surface area contributed by atoms with Crippen LogP contribution in [-0.2, 0) is 0 Å². The third kappa shape index (κ3) is 3.68. The van der Waals surface area contributed by atoms with Crippen LogP contribution in [0.1, 0.15) is 20.8 Å². The Morgan fingerprint density at radius 1 is 0.516 bits per heavy atom. The Balaban J connectivity index is 1.58. The van der Waals surface area contributed by atoms with E-state index in [0.717, 1.165) is 0 Å². The number of hydrogen-bond acceptors (Lipinski definition) is 1. The molecule has 0 aromatic heterocycles. The second kappa shape index (κ2) is 7.59. The molecule has 5 aromatic rings. The van der Waals surface area contributed by atoms with Gasteiger partial charge in [0, 0.05) is 22.3 Å². The maximum atomic E-state index is 2.44. The van der Waals surface area contributed by atoms with Gasteiger partial charge in [-0.2, -0.15) is 0 Å². The topological polar surface area (TPSA) is 3.24 Å². The SMILES string of the molecule is CC(C)(C)N(c1ccc(-c2ccc3ccccc3c2)cc1)c1cccc2ccccc12. The van der Waals surface area contributed by atoms with E-state index in [1.54, 1.807) is 0 Å². The van der Waals surface area contributed by atoms with Gasteiger partial charge in [0.15, 0.2) is 0 Å². The number of nitrogens with zero attached hydrogens (tertiary/aromatic N) is 1. The van der Waals surface area contributed by atoms with Crippen molar-refractivity contribution in [1.82, 2.24) is 0 Å². The van der Waals surface area contributed by atoms with Crippen molar-refractivity contribution in [2.75, 3.05) is 4.90 Å². The van der Waals surface area contributed by atoms with Crippen LogP contribution in [-0.4, -0.2) is 5.54 Å². The molecule has 0 amide bonds. The predicted molar refractivity (Wildman–Crippen MR) is 135 cm³/mol. The average Bonchev–Trinajstić information content (AvgIpc) is 2.79. The fourth-order valence-electron chi connectivity index (χ4n) is 4.46. The molecule has 0 saturated carbocycles. The summed E-state index contributed by atoms with van der Waals surface area (Å²) < 4.78 is 0. The molecule has 5 rings (SSSR count). The quantitative estimate of drug-likeness (QED) is 0.292. The van der Waals surface area contributed by atoms with Crippen LogP contribution in [0, 0.1) is 0 Å². The van der Waals surface area contributed by atoms with E-state index in [-0.39, 0.29) is 5.54 Å². The molecular formula is C30H27N. The number of hydrogen-bond donors (Lipinski definition) is 0. The number of benzene rings is 5. The minimum absolute atomic E-state index is 0.0609. The molecule has 0 N–H and O–H groups in total. The molecule has 1 heteroatoms. The molecule has 0 unspecified atom stereocenters. The first kappa shape index (κ1) is 19.4. The Bertz CT molecular complexity index is 1350. The molecular weight excluding hydrogens is 374 g/mol. The van der Waals surface area contributed by atoms with E-state index < -0.39 is 0 Å². The van der Waals surface area contributed by atoms with Gasteiger partial charge in [0.25, 0.3) is 0 Å². The van der Waals surface area contributed by atoms with Crippen LogP contribution in [0.3, 0.4) is 0 Å². The van der Waals surface area contributed by atoms with Crippen molar-refractivity contribution >= 4 is 32.9 Å². The maximum Gasteiger partial charge on any atom is 0.0495 e. The molecule has 0 bridgehead atoms. The summed E-state index contributed by atoms with van der Waals surface area (Å²) in [6, 6.07) is 39.4. The van der Waals surface area contributed by atoms with Crippen LogP contribution in [0.5, 0.6) is 0 Å². The zero-order chi connectivity index (χ0) is 21.4. The van der Waals surface area contributed by atoms with Crippen molar-refractivity contribution in [3.63, 3.8) is 0 Å². The Labute approximate surface area is 184 Å². The monoisotopic (exact) mass is 401 g/mol. The second-order valence-electron chi connectivity index (χ2n) is 9.11. The van der Waals surface area contributed by atoms with Gasteiger partial charge in [-0.15, -0.1) is 0 Å². The Kier molecular flexibility index (Phi) is 4.75. The van der Waals surface area contributed by atoms with Crippen LogP contribution in [0.2, 0.25) is 0 Å². The van der Waals surface area contributed by atoms with E-state index in [9.17, 15) is 0 Å². The summed E-state index contributed by atoms with van der Waals surface area (Å²) in [4.78, 5) is 2.44. The molecule has 0 radical (unpaired) electrons. The van der Waals surface area contributed by atoms with Crippen molar-refractivity contribution < 1.29 is 0 Å². The van der Waals surface area contributed by atoms with E-state index in [1.165, 1.54) is 44.0 Å². The van der Waals surface area contributed by atoms with E-state index in [1.807, 2.05) is 0 Å². The molecule has 5 aromatic carbocycles. The molecule has 0 fully saturated rings. The van der Waals surface area contributed by atoms with Crippen molar-refractivity contribution in [3.05, 3.63) is 109 Å². The lowest BCUT2D eigenvalue weighted by Crippen LogP contribution is -2.37. The highest BCUT2D eigenvalue weighted by Crippen LogP contribution is 2.38. The minimum Gasteiger partial charge on any atom is -0.336 e. The van der Waals surface area contributed by atoms with E-state index in [2.05, 4.69) is 135 Å². The van der Waals surface area contributed by atoms with Crippen LogP contribution < -0.4 is 4.90 Å². The number of fused-ring (bicyclic) bond motifs is 2. The molecule has 0 aliphatic carbocycles. The highest BCUT2D eigenvalue weighted by atomic mass is 15.2. The van der Waals surface area contributed by atoms with Gasteiger partial charge in [-0.3, -0.25) is 0 Å². The smallest absolute Gasteiger partial charge is 0.0495 e. The minimum atomic E-state index is -0.0609. The van der Waals surface area contributed by atoms with Gasteiger partial charge in [-0.1, -0.05) is 84.9 Å². The summed E-state index contributed by atoms with van der Waals surface area (Å²) >= 11 is 0. The van der Waals surface area contributed by atoms with Crippen LogP contribution in [0.4, 0.5) is 11.4 Å². The predicted octanol–water partition coefficient (Wildman–Crippen LogP) is 8.60. The van der Waals surface area contributed by atoms with Crippen molar-refractivity contribution in [2.45, 2.75) is 26.3 Å². The van der Waals surface area contributed by atoms with Crippen LogP contribution in [0.15, 0.2) is 109 Å². The summed E-state index contributed by atoms with van der Waals surface area (Å²) in [5.74, 6) is 0. The third-order valence-corrected chi connectivity index (χ3v) is 5.89. The molecule has 0 aliphatic heterocycles. The normalized spacial score (nSPS) is 11.7. The van der Waals surface area contributed by atoms with Gasteiger partial charge < -0.3 is 4.90 Å². The van der Waals surface area contributed by atoms with Gasteiger partial charge in [0.2, 0.25) is 0 Å².